The van der Waals surface area contributed by atoms with Crippen molar-refractivity contribution in [3.8, 4) is 5.75 Å². The molecule has 0 bridgehead atoms. The Labute approximate surface area is 233 Å². The van der Waals surface area contributed by atoms with E-state index in [1.807, 2.05) is 12.1 Å². The zero-order valence-corrected chi connectivity index (χ0v) is 23.9. The highest BCUT2D eigenvalue weighted by atomic mass is 35.5. The molecule has 0 radical (unpaired) electrons. The van der Waals surface area contributed by atoms with Crippen molar-refractivity contribution in [2.45, 2.75) is 90.5 Å². The first-order chi connectivity index (χ1) is 18.2. The van der Waals surface area contributed by atoms with E-state index in [9.17, 15) is 4.79 Å². The van der Waals surface area contributed by atoms with Crippen molar-refractivity contribution >= 4 is 35.0 Å². The van der Waals surface area contributed by atoms with Gasteiger partial charge in [0, 0.05) is 18.4 Å². The summed E-state index contributed by atoms with van der Waals surface area (Å²) in [6.07, 6.45) is 17.7. The number of halogens is 1. The fraction of sp³-hybridized carbons (Fsp3) is 0.516. The maximum absolute atomic E-state index is 13.0. The van der Waals surface area contributed by atoms with Crippen LogP contribution in [0.3, 0.4) is 0 Å². The van der Waals surface area contributed by atoms with Crippen LogP contribution in [-0.4, -0.2) is 23.3 Å². The molecule has 1 heterocycles. The number of nitrogens with zero attached hydrogens (tertiary/aromatic N) is 1. The topological polar surface area (TPSA) is 41.6 Å². The molecule has 4 nitrogen and oxygen atoms in total. The number of nitrogens with one attached hydrogen (secondary N) is 1. The van der Waals surface area contributed by atoms with Crippen LogP contribution in [0.1, 0.15) is 99.9 Å². The molecule has 0 saturated heterocycles. The molecular formula is C31H43ClN2O2S. The van der Waals surface area contributed by atoms with Gasteiger partial charge in [0.1, 0.15) is 0 Å². The number of ether oxygens (including phenoxy) is 1. The van der Waals surface area contributed by atoms with Gasteiger partial charge in [0.05, 0.1) is 23.1 Å². The van der Waals surface area contributed by atoms with E-state index in [-0.39, 0.29) is 5.91 Å². The average molecular weight is 543 g/mol. The third-order valence-corrected chi connectivity index (χ3v) is 7.75. The number of unbranched alkanes of at least 4 members (excludes halogenated alkanes) is 11. The number of amides is 1. The SMILES string of the molecule is CCCCCCCCCCCCCCOc1c(Cl)cccc1C(=O)Nc1ccc(CN2C=CSC2)cc1. The Hall–Kier alpha value is -2.11. The molecule has 1 aliphatic rings. The highest BCUT2D eigenvalue weighted by Gasteiger charge is 2.16. The molecule has 37 heavy (non-hydrogen) atoms. The molecule has 1 aliphatic heterocycles. The van der Waals surface area contributed by atoms with E-state index in [4.69, 9.17) is 16.3 Å². The van der Waals surface area contributed by atoms with Gasteiger partial charge in [0.15, 0.2) is 5.75 Å². The van der Waals surface area contributed by atoms with Crippen molar-refractivity contribution in [3.63, 3.8) is 0 Å². The van der Waals surface area contributed by atoms with Crippen LogP contribution < -0.4 is 10.1 Å². The molecule has 0 fully saturated rings. The van der Waals surface area contributed by atoms with E-state index >= 15 is 0 Å². The predicted octanol–water partition coefficient (Wildman–Crippen LogP) is 9.65. The van der Waals surface area contributed by atoms with E-state index in [2.05, 4.69) is 40.9 Å². The molecule has 0 saturated carbocycles. The molecule has 2 aromatic rings. The first kappa shape index (κ1) is 29.4. The average Bonchev–Trinajstić information content (AvgIpc) is 3.41. The number of hydrogen-bond acceptors (Lipinski definition) is 4. The van der Waals surface area contributed by atoms with Gasteiger partial charge in [0.25, 0.3) is 5.91 Å². The lowest BCUT2D eigenvalue weighted by atomic mass is 10.1. The smallest absolute Gasteiger partial charge is 0.259 e. The second kappa shape index (κ2) is 17.4. The number of benzene rings is 2. The second-order valence-corrected chi connectivity index (χ2v) is 11.1. The minimum Gasteiger partial charge on any atom is -0.491 e. The normalized spacial score (nSPS) is 12.8. The Morgan fingerprint density at radius 3 is 2.19 bits per heavy atom. The lowest BCUT2D eigenvalue weighted by molar-refractivity contribution is 0.102. The number of carbonyl (C=O) groups is 1. The van der Waals surface area contributed by atoms with Crippen LogP contribution in [0.15, 0.2) is 54.1 Å². The molecule has 3 rings (SSSR count). The van der Waals surface area contributed by atoms with Crippen LogP contribution in [-0.2, 0) is 6.54 Å². The van der Waals surface area contributed by atoms with Crippen molar-refractivity contribution < 1.29 is 9.53 Å². The van der Waals surface area contributed by atoms with Crippen LogP contribution in [0.4, 0.5) is 5.69 Å². The van der Waals surface area contributed by atoms with Crippen molar-refractivity contribution in [1.82, 2.24) is 4.90 Å². The Kier molecular flexibility index (Phi) is 13.9. The first-order valence-corrected chi connectivity index (χ1v) is 15.4. The molecule has 0 atom stereocenters. The standard InChI is InChI=1S/C31H43ClN2O2S/c1-2-3-4-5-6-7-8-9-10-11-12-13-22-36-30-28(15-14-16-29(30)32)31(35)33-27-19-17-26(18-20-27)24-34-21-23-37-25-34/h14-21,23H,2-13,22,24-25H2,1H3,(H,33,35). The maximum Gasteiger partial charge on any atom is 0.259 e. The summed E-state index contributed by atoms with van der Waals surface area (Å²) in [6.45, 7) is 3.70. The van der Waals surface area contributed by atoms with Gasteiger partial charge in [0.2, 0.25) is 0 Å². The Bertz CT molecular complexity index is 964. The first-order valence-electron chi connectivity index (χ1n) is 14.0. The summed E-state index contributed by atoms with van der Waals surface area (Å²) in [5.41, 5.74) is 2.43. The Morgan fingerprint density at radius 2 is 1.57 bits per heavy atom. The van der Waals surface area contributed by atoms with Crippen molar-refractivity contribution in [2.24, 2.45) is 0 Å². The molecule has 1 amide bonds. The fourth-order valence-electron chi connectivity index (χ4n) is 4.49. The predicted molar refractivity (Wildman–Crippen MR) is 160 cm³/mol. The van der Waals surface area contributed by atoms with Gasteiger partial charge < -0.3 is 15.0 Å². The molecule has 0 aromatic heterocycles. The largest absolute Gasteiger partial charge is 0.491 e. The van der Waals surface area contributed by atoms with Gasteiger partial charge in [-0.3, -0.25) is 4.79 Å². The van der Waals surface area contributed by atoms with Crippen LogP contribution in [0, 0.1) is 0 Å². The summed E-state index contributed by atoms with van der Waals surface area (Å²) < 4.78 is 6.01. The molecular weight excluding hydrogens is 500 g/mol. The van der Waals surface area contributed by atoms with Gasteiger partial charge in [-0.1, -0.05) is 107 Å². The third-order valence-electron chi connectivity index (χ3n) is 6.66. The molecule has 6 heteroatoms. The van der Waals surface area contributed by atoms with E-state index < -0.39 is 0 Å². The molecule has 0 aliphatic carbocycles. The summed E-state index contributed by atoms with van der Waals surface area (Å²) in [6, 6.07) is 13.3. The monoisotopic (exact) mass is 542 g/mol. The quantitative estimate of drug-likeness (QED) is 0.190. The minimum atomic E-state index is -0.209. The summed E-state index contributed by atoms with van der Waals surface area (Å²) in [5.74, 6) is 1.24. The second-order valence-electron chi connectivity index (χ2n) is 9.83. The Balaban J connectivity index is 1.35. The fourth-order valence-corrected chi connectivity index (χ4v) is 5.43. The van der Waals surface area contributed by atoms with E-state index in [0.29, 0.717) is 22.9 Å². The lowest BCUT2D eigenvalue weighted by Gasteiger charge is -2.15. The molecule has 1 N–H and O–H groups in total. The van der Waals surface area contributed by atoms with E-state index in [1.54, 1.807) is 30.0 Å². The van der Waals surface area contributed by atoms with Crippen LogP contribution in [0.2, 0.25) is 5.02 Å². The molecule has 2 aromatic carbocycles. The van der Waals surface area contributed by atoms with Crippen LogP contribution >= 0.6 is 23.4 Å². The van der Waals surface area contributed by atoms with Gasteiger partial charge in [-0.05, 0) is 41.7 Å². The highest BCUT2D eigenvalue weighted by Crippen LogP contribution is 2.30. The number of para-hydroxylation sites is 1. The highest BCUT2D eigenvalue weighted by molar-refractivity contribution is 8.02. The van der Waals surface area contributed by atoms with Gasteiger partial charge in [-0.15, -0.1) is 11.8 Å². The molecule has 0 unspecified atom stereocenters. The number of rotatable bonds is 18. The van der Waals surface area contributed by atoms with Crippen LogP contribution in [0.25, 0.3) is 0 Å². The number of anilines is 1. The minimum absolute atomic E-state index is 0.209. The van der Waals surface area contributed by atoms with Crippen LogP contribution in [0.5, 0.6) is 5.75 Å². The number of carbonyl (C=O) groups excluding carboxylic acids is 1. The third kappa shape index (κ3) is 11.0. The van der Waals surface area contributed by atoms with E-state index in [1.165, 1.54) is 69.8 Å². The van der Waals surface area contributed by atoms with E-state index in [0.717, 1.165) is 31.0 Å². The number of hydrogen-bond donors (Lipinski definition) is 1. The maximum atomic E-state index is 13.0. The summed E-state index contributed by atoms with van der Waals surface area (Å²) >= 11 is 8.21. The lowest BCUT2D eigenvalue weighted by Crippen LogP contribution is -2.15. The molecule has 202 valence electrons. The summed E-state index contributed by atoms with van der Waals surface area (Å²) in [5, 5.41) is 5.57. The Morgan fingerprint density at radius 1 is 0.919 bits per heavy atom. The van der Waals surface area contributed by atoms with Gasteiger partial charge in [-0.25, -0.2) is 0 Å². The molecule has 0 spiro atoms. The van der Waals surface area contributed by atoms with Crippen molar-refractivity contribution in [1.29, 1.82) is 0 Å². The summed E-state index contributed by atoms with van der Waals surface area (Å²) in [4.78, 5) is 15.3. The van der Waals surface area contributed by atoms with Gasteiger partial charge in [-0.2, -0.15) is 0 Å². The van der Waals surface area contributed by atoms with Crippen molar-refractivity contribution in [2.75, 3.05) is 17.8 Å². The zero-order valence-electron chi connectivity index (χ0n) is 22.4. The van der Waals surface area contributed by atoms with Crippen molar-refractivity contribution in [3.05, 3.63) is 70.2 Å². The zero-order chi connectivity index (χ0) is 26.1. The van der Waals surface area contributed by atoms with Gasteiger partial charge >= 0.3 is 0 Å². The number of thioether (sulfide) groups is 1. The summed E-state index contributed by atoms with van der Waals surface area (Å²) in [7, 11) is 0.